The van der Waals surface area contributed by atoms with Crippen LogP contribution in [0.1, 0.15) is 19.9 Å². The molecule has 1 heterocycles. The number of benzene rings is 1. The number of anilines is 1. The molecule has 0 fully saturated rings. The van der Waals surface area contributed by atoms with E-state index in [0.29, 0.717) is 12.0 Å². The largest absolute Gasteiger partial charge is 0.307 e. The van der Waals surface area contributed by atoms with Gasteiger partial charge in [0.2, 0.25) is 5.95 Å². The van der Waals surface area contributed by atoms with Crippen molar-refractivity contribution in [2.45, 2.75) is 19.9 Å². The average Bonchev–Trinajstić information content (AvgIpc) is 2.55. The zero-order valence-electron chi connectivity index (χ0n) is 8.66. The van der Waals surface area contributed by atoms with E-state index in [2.05, 4.69) is 44.8 Å². The Morgan fingerprint density at radius 2 is 2.20 bits per heavy atom. The third-order valence-corrected chi connectivity index (χ3v) is 2.79. The van der Waals surface area contributed by atoms with Crippen LogP contribution >= 0.6 is 15.9 Å². The van der Waals surface area contributed by atoms with Crippen LogP contribution in [-0.2, 0) is 0 Å². The molecule has 2 rings (SSSR count). The van der Waals surface area contributed by atoms with E-state index in [9.17, 15) is 0 Å². The molecule has 1 aromatic heterocycles. The zero-order valence-corrected chi connectivity index (χ0v) is 10.2. The molecule has 2 aromatic rings. The second-order valence-corrected chi connectivity index (χ2v) is 4.59. The van der Waals surface area contributed by atoms with Gasteiger partial charge < -0.3 is 4.57 Å². The summed E-state index contributed by atoms with van der Waals surface area (Å²) in [6, 6.07) is 6.30. The second kappa shape index (κ2) is 3.83. The summed E-state index contributed by atoms with van der Waals surface area (Å²) in [5, 5.41) is 0. The van der Waals surface area contributed by atoms with E-state index in [4.69, 9.17) is 5.84 Å². The Kier molecular flexibility index (Phi) is 2.67. The molecule has 0 bridgehead atoms. The van der Waals surface area contributed by atoms with Crippen LogP contribution in [0.4, 0.5) is 5.95 Å². The quantitative estimate of drug-likeness (QED) is 0.651. The Labute approximate surface area is 96.6 Å². The topological polar surface area (TPSA) is 55.9 Å². The van der Waals surface area contributed by atoms with Gasteiger partial charge in [-0.2, -0.15) is 0 Å². The number of imidazole rings is 1. The molecule has 0 spiro atoms. The first-order chi connectivity index (χ1) is 7.13. The molecule has 0 aliphatic carbocycles. The van der Waals surface area contributed by atoms with Gasteiger partial charge in [0, 0.05) is 10.5 Å². The van der Waals surface area contributed by atoms with Crippen molar-refractivity contribution >= 4 is 32.9 Å². The van der Waals surface area contributed by atoms with Gasteiger partial charge in [0.25, 0.3) is 0 Å². The molecule has 1 aromatic carbocycles. The first-order valence-corrected chi connectivity index (χ1v) is 5.57. The Balaban J connectivity index is 2.76. The van der Waals surface area contributed by atoms with Crippen LogP contribution in [-0.4, -0.2) is 9.55 Å². The van der Waals surface area contributed by atoms with Crippen molar-refractivity contribution in [2.24, 2.45) is 5.84 Å². The molecule has 0 amide bonds. The molecule has 0 aliphatic heterocycles. The van der Waals surface area contributed by atoms with Crippen molar-refractivity contribution in [3.05, 3.63) is 22.7 Å². The van der Waals surface area contributed by atoms with E-state index >= 15 is 0 Å². The highest BCUT2D eigenvalue weighted by atomic mass is 79.9. The Bertz CT molecular complexity index is 489. The average molecular weight is 269 g/mol. The fraction of sp³-hybridized carbons (Fsp3) is 0.300. The van der Waals surface area contributed by atoms with Crippen molar-refractivity contribution < 1.29 is 0 Å². The summed E-state index contributed by atoms with van der Waals surface area (Å²) >= 11 is 3.45. The second-order valence-electron chi connectivity index (χ2n) is 3.68. The lowest BCUT2D eigenvalue weighted by Gasteiger charge is -2.11. The van der Waals surface area contributed by atoms with Crippen molar-refractivity contribution in [3.63, 3.8) is 0 Å². The number of rotatable bonds is 2. The van der Waals surface area contributed by atoms with Crippen molar-refractivity contribution in [2.75, 3.05) is 5.43 Å². The summed E-state index contributed by atoms with van der Waals surface area (Å²) < 4.78 is 3.11. The number of nitrogen functional groups attached to an aromatic ring is 1. The van der Waals surface area contributed by atoms with Crippen LogP contribution in [0, 0.1) is 0 Å². The van der Waals surface area contributed by atoms with Crippen molar-refractivity contribution in [3.8, 4) is 0 Å². The summed E-state index contributed by atoms with van der Waals surface area (Å²) in [6.07, 6.45) is 0. The van der Waals surface area contributed by atoms with Gasteiger partial charge in [-0.05, 0) is 32.0 Å². The van der Waals surface area contributed by atoms with Crippen molar-refractivity contribution in [1.29, 1.82) is 0 Å². The number of aromatic nitrogens is 2. The number of nitrogens with two attached hydrogens (primary N) is 1. The molecule has 80 valence electrons. The lowest BCUT2D eigenvalue weighted by molar-refractivity contribution is 0.623. The number of nitrogens with one attached hydrogen (secondary N) is 1. The van der Waals surface area contributed by atoms with E-state index in [0.717, 1.165) is 15.5 Å². The number of fused-ring (bicyclic) bond motifs is 1. The molecule has 15 heavy (non-hydrogen) atoms. The van der Waals surface area contributed by atoms with E-state index in [1.165, 1.54) is 0 Å². The van der Waals surface area contributed by atoms with Gasteiger partial charge in [-0.1, -0.05) is 15.9 Å². The smallest absolute Gasteiger partial charge is 0.218 e. The SMILES string of the molecule is CC(C)n1c(NN)nc2ccc(Br)cc21. The van der Waals surface area contributed by atoms with Gasteiger partial charge in [-0.3, -0.25) is 5.43 Å². The fourth-order valence-electron chi connectivity index (χ4n) is 1.69. The lowest BCUT2D eigenvalue weighted by atomic mass is 10.3. The maximum atomic E-state index is 5.45. The molecule has 0 atom stereocenters. The van der Waals surface area contributed by atoms with Crippen LogP contribution in [0.3, 0.4) is 0 Å². The Morgan fingerprint density at radius 3 is 2.80 bits per heavy atom. The molecular formula is C10H13BrN4. The number of hydrogen-bond donors (Lipinski definition) is 2. The molecule has 0 unspecified atom stereocenters. The van der Waals surface area contributed by atoms with E-state index in [-0.39, 0.29) is 0 Å². The van der Waals surface area contributed by atoms with Gasteiger partial charge in [-0.15, -0.1) is 0 Å². The van der Waals surface area contributed by atoms with Crippen LogP contribution < -0.4 is 11.3 Å². The summed E-state index contributed by atoms with van der Waals surface area (Å²) in [4.78, 5) is 4.40. The third-order valence-electron chi connectivity index (χ3n) is 2.30. The fourth-order valence-corrected chi connectivity index (χ4v) is 2.04. The number of hydrogen-bond acceptors (Lipinski definition) is 3. The third kappa shape index (κ3) is 1.72. The molecule has 0 aliphatic rings. The van der Waals surface area contributed by atoms with Gasteiger partial charge >= 0.3 is 0 Å². The molecule has 3 N–H and O–H groups in total. The lowest BCUT2D eigenvalue weighted by Crippen LogP contribution is -2.14. The van der Waals surface area contributed by atoms with E-state index in [1.807, 2.05) is 18.2 Å². The molecule has 0 saturated carbocycles. The van der Waals surface area contributed by atoms with E-state index in [1.54, 1.807) is 0 Å². The normalized spacial score (nSPS) is 11.3. The number of hydrazine groups is 1. The minimum atomic E-state index is 0.315. The van der Waals surface area contributed by atoms with Crippen LogP contribution in [0.15, 0.2) is 22.7 Å². The maximum absolute atomic E-state index is 5.45. The molecule has 0 radical (unpaired) electrons. The minimum Gasteiger partial charge on any atom is -0.307 e. The van der Waals surface area contributed by atoms with Gasteiger partial charge in [-0.25, -0.2) is 10.8 Å². The molecular weight excluding hydrogens is 256 g/mol. The summed E-state index contributed by atoms with van der Waals surface area (Å²) in [6.45, 7) is 4.20. The standard InChI is InChI=1S/C10H13BrN4/c1-6(2)15-9-5-7(11)3-4-8(9)13-10(15)14-12/h3-6H,12H2,1-2H3,(H,13,14). The van der Waals surface area contributed by atoms with Crippen molar-refractivity contribution in [1.82, 2.24) is 9.55 Å². The van der Waals surface area contributed by atoms with Crippen LogP contribution in [0.5, 0.6) is 0 Å². The first-order valence-electron chi connectivity index (χ1n) is 4.77. The van der Waals surface area contributed by atoms with Gasteiger partial charge in [0.1, 0.15) is 0 Å². The Hall–Kier alpha value is -1.07. The predicted octanol–water partition coefficient (Wildman–Crippen LogP) is 2.67. The van der Waals surface area contributed by atoms with Gasteiger partial charge in [0.05, 0.1) is 11.0 Å². The number of nitrogens with zero attached hydrogens (tertiary/aromatic N) is 2. The minimum absolute atomic E-state index is 0.315. The number of halogens is 1. The summed E-state index contributed by atoms with van der Waals surface area (Å²) in [7, 11) is 0. The first kappa shape index (κ1) is 10.4. The molecule has 4 nitrogen and oxygen atoms in total. The summed E-state index contributed by atoms with van der Waals surface area (Å²) in [5.74, 6) is 6.14. The Morgan fingerprint density at radius 1 is 1.47 bits per heavy atom. The highest BCUT2D eigenvalue weighted by Gasteiger charge is 2.12. The van der Waals surface area contributed by atoms with E-state index < -0.39 is 0 Å². The molecule has 0 saturated heterocycles. The van der Waals surface area contributed by atoms with Crippen LogP contribution in [0.25, 0.3) is 11.0 Å². The predicted molar refractivity (Wildman–Crippen MR) is 65.6 cm³/mol. The summed E-state index contributed by atoms with van der Waals surface area (Å²) in [5.41, 5.74) is 4.64. The highest BCUT2D eigenvalue weighted by molar-refractivity contribution is 9.10. The maximum Gasteiger partial charge on any atom is 0.218 e. The van der Waals surface area contributed by atoms with Gasteiger partial charge in [0.15, 0.2) is 0 Å². The zero-order chi connectivity index (χ0) is 11.0. The van der Waals surface area contributed by atoms with Crippen LogP contribution in [0.2, 0.25) is 0 Å². The highest BCUT2D eigenvalue weighted by Crippen LogP contribution is 2.26. The monoisotopic (exact) mass is 268 g/mol. The molecule has 5 heteroatoms.